The average molecular weight is 352 g/mol. The largest absolute Gasteiger partial charge is 0.454 e. The normalized spacial score (nSPS) is 18.6. The van der Waals surface area contributed by atoms with Crippen molar-refractivity contribution in [1.82, 2.24) is 9.47 Å². The summed E-state index contributed by atoms with van der Waals surface area (Å²) in [6, 6.07) is 6.47. The highest BCUT2D eigenvalue weighted by atomic mass is 19.4. The van der Waals surface area contributed by atoms with E-state index in [1.54, 1.807) is 23.1 Å². The number of likely N-dealkylation sites (tertiary alicyclic amines) is 1. The molecule has 1 fully saturated rings. The van der Waals surface area contributed by atoms with Crippen LogP contribution < -0.4 is 0 Å². The molecule has 0 radical (unpaired) electrons. The van der Waals surface area contributed by atoms with Gasteiger partial charge in [0.1, 0.15) is 6.54 Å². The van der Waals surface area contributed by atoms with Gasteiger partial charge < -0.3 is 9.47 Å². The first-order chi connectivity index (χ1) is 11.8. The Hall–Kier alpha value is -2.31. The highest BCUT2D eigenvalue weighted by Gasteiger charge is 2.41. The maximum atomic E-state index is 12.8. The first-order valence-corrected chi connectivity index (χ1v) is 8.28. The van der Waals surface area contributed by atoms with E-state index in [0.717, 1.165) is 25.5 Å². The van der Waals surface area contributed by atoms with Crippen molar-refractivity contribution in [3.05, 3.63) is 36.0 Å². The predicted octanol–water partition coefficient (Wildman–Crippen LogP) is 3.79. The van der Waals surface area contributed by atoms with Gasteiger partial charge in [0.2, 0.25) is 5.91 Å². The molecule has 2 aromatic rings. The molecule has 1 aliphatic heterocycles. The quantitative estimate of drug-likeness (QED) is 0.789. The molecule has 3 rings (SSSR count). The van der Waals surface area contributed by atoms with Crippen LogP contribution in [0.3, 0.4) is 0 Å². The number of carbonyl (C=O) groups excluding carboxylic acids is 2. The maximum absolute atomic E-state index is 12.8. The predicted molar refractivity (Wildman–Crippen MR) is 87.3 cm³/mol. The summed E-state index contributed by atoms with van der Waals surface area (Å²) in [5, 5.41) is 0.212. The second kappa shape index (κ2) is 6.54. The first kappa shape index (κ1) is 17.5. The Labute approximate surface area is 143 Å². The molecule has 1 aromatic heterocycles. The van der Waals surface area contributed by atoms with E-state index in [2.05, 4.69) is 0 Å². The van der Waals surface area contributed by atoms with Gasteiger partial charge >= 0.3 is 6.18 Å². The Bertz CT molecular complexity index is 810. The number of carbonyl (C=O) groups is 2. The van der Waals surface area contributed by atoms with Gasteiger partial charge in [-0.15, -0.1) is 0 Å². The minimum absolute atomic E-state index is 0.0734. The molecule has 134 valence electrons. The number of hydrogen-bond donors (Lipinski definition) is 0. The standard InChI is InChI=1S/C18H19F3N2O2/c1-12-6-4-5-9-23(12)16(24)11-22-10-14(17(25)18(19,20)21)13-7-2-3-8-15(13)22/h2-3,7-8,10,12H,4-6,9,11H2,1H3. The summed E-state index contributed by atoms with van der Waals surface area (Å²) in [5.41, 5.74) is 0.0377. The number of benzene rings is 1. The van der Waals surface area contributed by atoms with E-state index >= 15 is 0 Å². The van der Waals surface area contributed by atoms with Crippen molar-refractivity contribution in [3.8, 4) is 0 Å². The smallest absolute Gasteiger partial charge is 0.338 e. The summed E-state index contributed by atoms with van der Waals surface area (Å²) in [6.07, 6.45) is -0.870. The van der Waals surface area contributed by atoms with E-state index in [9.17, 15) is 22.8 Å². The number of rotatable bonds is 3. The van der Waals surface area contributed by atoms with Crippen LogP contribution in [0.5, 0.6) is 0 Å². The van der Waals surface area contributed by atoms with Crippen LogP contribution in [0.25, 0.3) is 10.9 Å². The van der Waals surface area contributed by atoms with Crippen molar-refractivity contribution in [2.75, 3.05) is 6.54 Å². The third-order valence-electron chi connectivity index (χ3n) is 4.72. The van der Waals surface area contributed by atoms with E-state index in [1.807, 2.05) is 6.92 Å². The Balaban J connectivity index is 1.94. The van der Waals surface area contributed by atoms with E-state index in [0.29, 0.717) is 12.1 Å². The second-order valence-electron chi connectivity index (χ2n) is 6.45. The van der Waals surface area contributed by atoms with Crippen molar-refractivity contribution >= 4 is 22.6 Å². The van der Waals surface area contributed by atoms with Crippen LogP contribution >= 0.6 is 0 Å². The monoisotopic (exact) mass is 352 g/mol. The van der Waals surface area contributed by atoms with Crippen molar-refractivity contribution in [2.24, 2.45) is 0 Å². The number of Topliss-reactive ketones (excluding diaryl/α,β-unsaturated/α-hetero) is 1. The lowest BCUT2D eigenvalue weighted by Crippen LogP contribution is -2.43. The fourth-order valence-electron chi connectivity index (χ4n) is 3.42. The molecule has 0 N–H and O–H groups in total. The minimum Gasteiger partial charge on any atom is -0.338 e. The minimum atomic E-state index is -4.94. The van der Waals surface area contributed by atoms with Gasteiger partial charge in [-0.05, 0) is 32.3 Å². The molecule has 1 aliphatic rings. The van der Waals surface area contributed by atoms with Crippen LogP contribution in [-0.4, -0.2) is 39.9 Å². The first-order valence-electron chi connectivity index (χ1n) is 8.28. The maximum Gasteiger partial charge on any atom is 0.454 e. The number of halogens is 3. The fourth-order valence-corrected chi connectivity index (χ4v) is 3.42. The molecule has 25 heavy (non-hydrogen) atoms. The molecule has 0 spiro atoms. The van der Waals surface area contributed by atoms with E-state index in [1.165, 1.54) is 10.6 Å². The number of fused-ring (bicyclic) bond motifs is 1. The zero-order valence-electron chi connectivity index (χ0n) is 13.8. The van der Waals surface area contributed by atoms with Crippen molar-refractivity contribution in [1.29, 1.82) is 0 Å². The molecule has 2 heterocycles. The highest BCUT2D eigenvalue weighted by molar-refractivity contribution is 6.10. The summed E-state index contributed by atoms with van der Waals surface area (Å²) < 4.78 is 40.0. The fraction of sp³-hybridized carbons (Fsp3) is 0.444. The molecule has 1 amide bonds. The van der Waals surface area contributed by atoms with Gasteiger partial charge in [0.25, 0.3) is 5.78 Å². The number of ketones is 1. The molecule has 1 unspecified atom stereocenters. The van der Waals surface area contributed by atoms with Gasteiger partial charge in [-0.3, -0.25) is 9.59 Å². The van der Waals surface area contributed by atoms with E-state index in [-0.39, 0.29) is 23.9 Å². The van der Waals surface area contributed by atoms with Crippen LogP contribution in [0, 0.1) is 0 Å². The Kier molecular flexibility index (Phi) is 4.58. The number of aromatic nitrogens is 1. The summed E-state index contributed by atoms with van der Waals surface area (Å²) in [6.45, 7) is 2.56. The van der Waals surface area contributed by atoms with Crippen molar-refractivity contribution in [2.45, 2.75) is 44.9 Å². The van der Waals surface area contributed by atoms with Crippen molar-refractivity contribution < 1.29 is 22.8 Å². The number of para-hydroxylation sites is 1. The lowest BCUT2D eigenvalue weighted by Gasteiger charge is -2.33. The van der Waals surface area contributed by atoms with Crippen LogP contribution in [-0.2, 0) is 11.3 Å². The van der Waals surface area contributed by atoms with Gasteiger partial charge in [-0.2, -0.15) is 13.2 Å². The van der Waals surface area contributed by atoms with Crippen LogP contribution in [0.15, 0.2) is 30.5 Å². The Morgan fingerprint density at radius 3 is 2.60 bits per heavy atom. The van der Waals surface area contributed by atoms with Gasteiger partial charge in [-0.25, -0.2) is 0 Å². The molecule has 0 aliphatic carbocycles. The summed E-state index contributed by atoms with van der Waals surface area (Å²) in [5.74, 6) is -2.03. The summed E-state index contributed by atoms with van der Waals surface area (Å²) in [4.78, 5) is 26.1. The molecule has 1 atom stereocenters. The Morgan fingerprint density at radius 1 is 1.20 bits per heavy atom. The lowest BCUT2D eigenvalue weighted by atomic mass is 10.0. The second-order valence-corrected chi connectivity index (χ2v) is 6.45. The van der Waals surface area contributed by atoms with E-state index in [4.69, 9.17) is 0 Å². The van der Waals surface area contributed by atoms with Crippen LogP contribution in [0.1, 0.15) is 36.5 Å². The number of alkyl halides is 3. The van der Waals surface area contributed by atoms with Crippen LogP contribution in [0.2, 0.25) is 0 Å². The lowest BCUT2D eigenvalue weighted by molar-refractivity contribution is -0.135. The molecular weight excluding hydrogens is 333 g/mol. The zero-order chi connectivity index (χ0) is 18.2. The molecule has 4 nitrogen and oxygen atoms in total. The third kappa shape index (κ3) is 3.41. The SMILES string of the molecule is CC1CCCCN1C(=O)Cn1cc(C(=O)C(F)(F)F)c2ccccc21. The zero-order valence-corrected chi connectivity index (χ0v) is 13.8. The average Bonchev–Trinajstić information content (AvgIpc) is 2.92. The molecule has 0 bridgehead atoms. The van der Waals surface area contributed by atoms with Gasteiger partial charge in [0.05, 0.1) is 5.56 Å². The molecular formula is C18H19F3N2O2. The Morgan fingerprint density at radius 2 is 1.92 bits per heavy atom. The summed E-state index contributed by atoms with van der Waals surface area (Å²) in [7, 11) is 0. The molecule has 0 saturated carbocycles. The van der Waals surface area contributed by atoms with Gasteiger partial charge in [0.15, 0.2) is 0 Å². The highest BCUT2D eigenvalue weighted by Crippen LogP contribution is 2.29. The number of piperidine rings is 1. The summed E-state index contributed by atoms with van der Waals surface area (Å²) >= 11 is 0. The molecule has 1 saturated heterocycles. The molecule has 1 aromatic carbocycles. The third-order valence-corrected chi connectivity index (χ3v) is 4.72. The van der Waals surface area contributed by atoms with E-state index < -0.39 is 17.5 Å². The van der Waals surface area contributed by atoms with Crippen molar-refractivity contribution in [3.63, 3.8) is 0 Å². The van der Waals surface area contributed by atoms with Crippen LogP contribution in [0.4, 0.5) is 13.2 Å². The topological polar surface area (TPSA) is 42.3 Å². The number of amides is 1. The number of hydrogen-bond acceptors (Lipinski definition) is 2. The van der Waals surface area contributed by atoms with Gasteiger partial charge in [0, 0.05) is 29.7 Å². The molecule has 7 heteroatoms. The number of nitrogens with zero attached hydrogens (tertiary/aromatic N) is 2. The van der Waals surface area contributed by atoms with Gasteiger partial charge in [-0.1, -0.05) is 18.2 Å².